The molecule has 1 amide bonds. The molecule has 0 aliphatic heterocycles. The van der Waals surface area contributed by atoms with Crippen molar-refractivity contribution in [3.05, 3.63) is 84.1 Å². The Balaban J connectivity index is 1.61. The average molecular weight is 390 g/mol. The van der Waals surface area contributed by atoms with Gasteiger partial charge < -0.3 is 14.8 Å². The monoisotopic (exact) mass is 390 g/mol. The van der Waals surface area contributed by atoms with Gasteiger partial charge >= 0.3 is 5.97 Å². The van der Waals surface area contributed by atoms with Crippen LogP contribution in [0.15, 0.2) is 72.9 Å². The molecule has 0 saturated heterocycles. The van der Waals surface area contributed by atoms with E-state index in [0.29, 0.717) is 35.1 Å². The van der Waals surface area contributed by atoms with Crippen LogP contribution in [0.5, 0.6) is 11.6 Å². The summed E-state index contributed by atoms with van der Waals surface area (Å²) in [5.41, 5.74) is 1.47. The third-order valence-corrected chi connectivity index (χ3v) is 4.07. The summed E-state index contributed by atoms with van der Waals surface area (Å²) in [6.45, 7) is 2.44. The first-order valence-corrected chi connectivity index (χ1v) is 9.43. The average Bonchev–Trinajstić information content (AvgIpc) is 2.75. The number of benzene rings is 2. The minimum atomic E-state index is -0.365. The lowest BCUT2D eigenvalue weighted by Crippen LogP contribution is -2.12. The molecule has 1 aromatic heterocycles. The van der Waals surface area contributed by atoms with E-state index in [1.165, 1.54) is 0 Å². The summed E-state index contributed by atoms with van der Waals surface area (Å²) < 4.78 is 10.8. The molecule has 0 spiro atoms. The van der Waals surface area contributed by atoms with Gasteiger partial charge in [-0.05, 0) is 55.0 Å². The molecule has 0 aliphatic rings. The lowest BCUT2D eigenvalue weighted by molar-refractivity contribution is 0.0499. The van der Waals surface area contributed by atoms with Crippen LogP contribution in [0.2, 0.25) is 0 Å². The Kier molecular flexibility index (Phi) is 6.95. The van der Waals surface area contributed by atoms with E-state index in [0.717, 1.165) is 12.8 Å². The van der Waals surface area contributed by atoms with Crippen LogP contribution < -0.4 is 10.1 Å². The summed E-state index contributed by atoms with van der Waals surface area (Å²) in [6.07, 6.45) is 3.44. The van der Waals surface area contributed by atoms with Crippen LogP contribution in [0.3, 0.4) is 0 Å². The van der Waals surface area contributed by atoms with Crippen molar-refractivity contribution in [3.63, 3.8) is 0 Å². The minimum absolute atomic E-state index is 0.283. The van der Waals surface area contributed by atoms with Gasteiger partial charge in [-0.25, -0.2) is 9.78 Å². The van der Waals surface area contributed by atoms with Gasteiger partial charge in [0.05, 0.1) is 12.2 Å². The number of amides is 1. The van der Waals surface area contributed by atoms with E-state index in [1.807, 2.05) is 13.0 Å². The number of ether oxygens (including phenoxy) is 2. The Bertz CT molecular complexity index is 956. The van der Waals surface area contributed by atoms with Crippen molar-refractivity contribution in [1.82, 2.24) is 4.98 Å². The summed E-state index contributed by atoms with van der Waals surface area (Å²) in [4.78, 5) is 28.6. The normalized spacial score (nSPS) is 10.2. The maximum atomic E-state index is 12.5. The fourth-order valence-corrected chi connectivity index (χ4v) is 2.51. The van der Waals surface area contributed by atoms with E-state index < -0.39 is 0 Å². The Morgan fingerprint density at radius 1 is 0.966 bits per heavy atom. The van der Waals surface area contributed by atoms with Gasteiger partial charge in [0.2, 0.25) is 5.88 Å². The van der Waals surface area contributed by atoms with E-state index in [9.17, 15) is 9.59 Å². The maximum absolute atomic E-state index is 12.5. The van der Waals surface area contributed by atoms with Gasteiger partial charge in [-0.3, -0.25) is 4.79 Å². The van der Waals surface area contributed by atoms with E-state index in [2.05, 4.69) is 10.3 Å². The van der Waals surface area contributed by atoms with E-state index in [1.54, 1.807) is 66.9 Å². The van der Waals surface area contributed by atoms with Crippen LogP contribution in [0.1, 0.15) is 40.5 Å². The number of aromatic nitrogens is 1. The Hall–Kier alpha value is -3.67. The molecule has 0 unspecified atom stereocenters. The van der Waals surface area contributed by atoms with Crippen molar-refractivity contribution in [2.45, 2.75) is 19.8 Å². The molecule has 0 fully saturated rings. The van der Waals surface area contributed by atoms with Gasteiger partial charge in [-0.1, -0.05) is 25.5 Å². The lowest BCUT2D eigenvalue weighted by Gasteiger charge is -2.09. The molecule has 0 atom stereocenters. The molecule has 2 aromatic carbocycles. The van der Waals surface area contributed by atoms with Gasteiger partial charge in [-0.2, -0.15) is 0 Å². The summed E-state index contributed by atoms with van der Waals surface area (Å²) in [5, 5.41) is 2.81. The summed E-state index contributed by atoms with van der Waals surface area (Å²) >= 11 is 0. The number of hydrogen-bond donors (Lipinski definition) is 1. The quantitative estimate of drug-likeness (QED) is 0.428. The van der Waals surface area contributed by atoms with Crippen molar-refractivity contribution >= 4 is 17.6 Å². The molecule has 0 saturated carbocycles. The topological polar surface area (TPSA) is 77.5 Å². The molecule has 3 aromatic rings. The number of esters is 1. The van der Waals surface area contributed by atoms with Gasteiger partial charge in [0.15, 0.2) is 0 Å². The largest absolute Gasteiger partial charge is 0.462 e. The van der Waals surface area contributed by atoms with Crippen LogP contribution in [0.4, 0.5) is 5.69 Å². The van der Waals surface area contributed by atoms with Gasteiger partial charge in [-0.15, -0.1) is 0 Å². The van der Waals surface area contributed by atoms with Crippen LogP contribution in [-0.2, 0) is 4.74 Å². The van der Waals surface area contributed by atoms with Gasteiger partial charge in [0.1, 0.15) is 5.75 Å². The zero-order chi connectivity index (χ0) is 20.5. The lowest BCUT2D eigenvalue weighted by atomic mass is 10.1. The third kappa shape index (κ3) is 5.90. The SMILES string of the molecule is CCCCOC(=O)c1ccc(NC(=O)c2cccc(Oc3ccccn3)c2)cc1. The second kappa shape index (κ2) is 10.0. The number of pyridine rings is 1. The molecule has 6 heteroatoms. The highest BCUT2D eigenvalue weighted by Gasteiger charge is 2.10. The van der Waals surface area contributed by atoms with Crippen LogP contribution >= 0.6 is 0 Å². The number of unbranched alkanes of at least 4 members (excludes halogenated alkanes) is 1. The predicted molar refractivity (Wildman–Crippen MR) is 110 cm³/mol. The second-order valence-corrected chi connectivity index (χ2v) is 6.32. The maximum Gasteiger partial charge on any atom is 0.338 e. The molecule has 3 rings (SSSR count). The molecule has 1 N–H and O–H groups in total. The minimum Gasteiger partial charge on any atom is -0.462 e. The fraction of sp³-hybridized carbons (Fsp3) is 0.174. The summed E-state index contributed by atoms with van der Waals surface area (Å²) in [5.74, 6) is 0.318. The molecular formula is C23H22N2O4. The molecule has 29 heavy (non-hydrogen) atoms. The first-order valence-electron chi connectivity index (χ1n) is 9.43. The van der Waals surface area contributed by atoms with Crippen LogP contribution in [0.25, 0.3) is 0 Å². The zero-order valence-corrected chi connectivity index (χ0v) is 16.1. The summed E-state index contributed by atoms with van der Waals surface area (Å²) in [6, 6.07) is 18.8. The van der Waals surface area contributed by atoms with Crippen molar-refractivity contribution < 1.29 is 19.1 Å². The Morgan fingerprint density at radius 2 is 1.79 bits per heavy atom. The standard InChI is InChI=1S/C23H22N2O4/c1-2-3-15-28-23(27)17-10-12-19(13-11-17)25-22(26)18-7-6-8-20(16-18)29-21-9-4-5-14-24-21/h4-14,16H,2-3,15H2,1H3,(H,25,26). The molecular weight excluding hydrogens is 368 g/mol. The molecule has 1 heterocycles. The number of carbonyl (C=O) groups excluding carboxylic acids is 2. The molecule has 0 aliphatic carbocycles. The highest BCUT2D eigenvalue weighted by atomic mass is 16.5. The second-order valence-electron chi connectivity index (χ2n) is 6.32. The number of rotatable bonds is 8. The van der Waals surface area contributed by atoms with Crippen molar-refractivity contribution in [2.24, 2.45) is 0 Å². The summed E-state index contributed by atoms with van der Waals surface area (Å²) in [7, 11) is 0. The number of anilines is 1. The first kappa shape index (κ1) is 20.1. The Labute approximate surface area is 169 Å². The van der Waals surface area contributed by atoms with Gasteiger partial charge in [0.25, 0.3) is 5.91 Å². The molecule has 6 nitrogen and oxygen atoms in total. The smallest absolute Gasteiger partial charge is 0.338 e. The van der Waals surface area contributed by atoms with Crippen LogP contribution in [-0.4, -0.2) is 23.5 Å². The van der Waals surface area contributed by atoms with Crippen molar-refractivity contribution in [3.8, 4) is 11.6 Å². The van der Waals surface area contributed by atoms with E-state index in [-0.39, 0.29) is 11.9 Å². The van der Waals surface area contributed by atoms with Crippen molar-refractivity contribution in [1.29, 1.82) is 0 Å². The predicted octanol–water partition coefficient (Wildman–Crippen LogP) is 5.08. The Morgan fingerprint density at radius 3 is 2.52 bits per heavy atom. The number of carbonyl (C=O) groups is 2. The zero-order valence-electron chi connectivity index (χ0n) is 16.1. The fourth-order valence-electron chi connectivity index (χ4n) is 2.51. The van der Waals surface area contributed by atoms with Crippen molar-refractivity contribution in [2.75, 3.05) is 11.9 Å². The number of nitrogens with zero attached hydrogens (tertiary/aromatic N) is 1. The third-order valence-electron chi connectivity index (χ3n) is 4.07. The van der Waals surface area contributed by atoms with Crippen LogP contribution in [0, 0.1) is 0 Å². The highest BCUT2D eigenvalue weighted by molar-refractivity contribution is 6.04. The molecule has 148 valence electrons. The number of hydrogen-bond acceptors (Lipinski definition) is 5. The molecule has 0 bridgehead atoms. The van der Waals surface area contributed by atoms with E-state index >= 15 is 0 Å². The number of nitrogens with one attached hydrogen (secondary N) is 1. The highest BCUT2D eigenvalue weighted by Crippen LogP contribution is 2.21. The first-order chi connectivity index (χ1) is 14.2. The molecule has 0 radical (unpaired) electrons. The van der Waals surface area contributed by atoms with Gasteiger partial charge in [0, 0.05) is 23.5 Å². The van der Waals surface area contributed by atoms with E-state index in [4.69, 9.17) is 9.47 Å².